The second-order valence-corrected chi connectivity index (χ2v) is 5.27. The van der Waals surface area contributed by atoms with Crippen molar-refractivity contribution in [3.05, 3.63) is 35.4 Å². The van der Waals surface area contributed by atoms with Gasteiger partial charge in [0, 0.05) is 0 Å². The van der Waals surface area contributed by atoms with Crippen molar-refractivity contribution in [2.24, 2.45) is 5.92 Å². The molecule has 0 saturated heterocycles. The predicted molar refractivity (Wildman–Crippen MR) is 86.4 cm³/mol. The zero-order valence-electron chi connectivity index (χ0n) is 12.2. The first-order valence-electron chi connectivity index (χ1n) is 7.49. The number of carbonyl (C=O) groups is 1. The Bertz CT molecular complexity index is 379. The summed E-state index contributed by atoms with van der Waals surface area (Å²) in [7, 11) is 0. The van der Waals surface area contributed by atoms with Crippen LogP contribution in [0.2, 0.25) is 0 Å². The highest BCUT2D eigenvalue weighted by Crippen LogP contribution is 2.25. The molecular formula is C18H30O2. The third-order valence-electron chi connectivity index (χ3n) is 3.88. The smallest absolute Gasteiger partial charge is 0.335 e. The molecule has 0 heterocycles. The Morgan fingerprint density at radius 2 is 1.85 bits per heavy atom. The Morgan fingerprint density at radius 3 is 2.30 bits per heavy atom. The fraction of sp³-hybridized carbons (Fsp3) is 0.611. The lowest BCUT2D eigenvalue weighted by molar-refractivity contribution is 0.0697. The third kappa shape index (κ3) is 6.74. The maximum atomic E-state index is 10.5. The normalized spacial score (nSPS) is 14.7. The van der Waals surface area contributed by atoms with Crippen LogP contribution in [-0.2, 0) is 6.42 Å². The molecule has 0 bridgehead atoms. The molecule has 2 heteroatoms. The summed E-state index contributed by atoms with van der Waals surface area (Å²) >= 11 is 0. The first-order valence-corrected chi connectivity index (χ1v) is 7.49. The molecule has 0 aliphatic heterocycles. The van der Waals surface area contributed by atoms with Gasteiger partial charge in [-0.3, -0.25) is 0 Å². The molecule has 1 saturated carbocycles. The van der Waals surface area contributed by atoms with E-state index in [4.69, 9.17) is 5.11 Å². The molecule has 0 spiro atoms. The van der Waals surface area contributed by atoms with E-state index in [1.54, 1.807) is 18.2 Å². The number of hydrogen-bond acceptors (Lipinski definition) is 1. The molecule has 2 rings (SSSR count). The topological polar surface area (TPSA) is 37.3 Å². The molecule has 2 nitrogen and oxygen atoms in total. The van der Waals surface area contributed by atoms with Gasteiger partial charge in [0.25, 0.3) is 0 Å². The third-order valence-corrected chi connectivity index (χ3v) is 3.88. The van der Waals surface area contributed by atoms with Crippen molar-refractivity contribution >= 4 is 5.97 Å². The van der Waals surface area contributed by atoms with Gasteiger partial charge in [0.1, 0.15) is 0 Å². The van der Waals surface area contributed by atoms with E-state index in [9.17, 15) is 4.79 Å². The van der Waals surface area contributed by atoms with Crippen molar-refractivity contribution in [2.75, 3.05) is 0 Å². The largest absolute Gasteiger partial charge is 0.478 e. The number of aryl methyl sites for hydroxylation is 1. The minimum absolute atomic E-state index is 0. The molecule has 0 amide bonds. The van der Waals surface area contributed by atoms with E-state index in [-0.39, 0.29) is 7.43 Å². The van der Waals surface area contributed by atoms with Crippen LogP contribution >= 0.6 is 0 Å². The zero-order chi connectivity index (χ0) is 14.1. The molecular weight excluding hydrogens is 248 g/mol. The lowest BCUT2D eigenvalue weighted by Gasteiger charge is -2.18. The van der Waals surface area contributed by atoms with E-state index < -0.39 is 5.97 Å². The SMILES string of the molecule is C.CCC1CCCCC1.CCc1cccc(C(=O)O)c1. The van der Waals surface area contributed by atoms with Crippen molar-refractivity contribution in [1.82, 2.24) is 0 Å². The Labute approximate surface area is 124 Å². The van der Waals surface area contributed by atoms with Crippen molar-refractivity contribution < 1.29 is 9.90 Å². The Balaban J connectivity index is 0.000000359. The van der Waals surface area contributed by atoms with Crippen LogP contribution in [-0.4, -0.2) is 11.1 Å². The van der Waals surface area contributed by atoms with Gasteiger partial charge in [-0.1, -0.05) is 71.9 Å². The summed E-state index contributed by atoms with van der Waals surface area (Å²) in [4.78, 5) is 10.5. The van der Waals surface area contributed by atoms with E-state index in [1.165, 1.54) is 38.5 Å². The minimum atomic E-state index is -0.861. The van der Waals surface area contributed by atoms with Crippen LogP contribution in [0.3, 0.4) is 0 Å². The maximum absolute atomic E-state index is 10.5. The van der Waals surface area contributed by atoms with Crippen LogP contribution in [0.15, 0.2) is 24.3 Å². The molecule has 0 atom stereocenters. The van der Waals surface area contributed by atoms with Gasteiger partial charge in [-0.05, 0) is 30.0 Å². The standard InChI is InChI=1S/C9H10O2.C8H16.CH4/c1-2-7-4-3-5-8(6-7)9(10)11;1-2-8-6-4-3-5-7-8;/h3-6H,2H2,1H3,(H,10,11);8H,2-7H2,1H3;1H4. The molecule has 0 unspecified atom stereocenters. The van der Waals surface area contributed by atoms with Crippen molar-refractivity contribution in [2.45, 2.75) is 66.2 Å². The molecule has 0 aromatic heterocycles. The molecule has 1 aliphatic rings. The van der Waals surface area contributed by atoms with Gasteiger partial charge in [-0.25, -0.2) is 4.79 Å². The molecule has 1 aromatic carbocycles. The Morgan fingerprint density at radius 1 is 1.20 bits per heavy atom. The van der Waals surface area contributed by atoms with Crippen LogP contribution in [0.25, 0.3) is 0 Å². The number of carboxylic acid groups (broad SMARTS) is 1. The summed E-state index contributed by atoms with van der Waals surface area (Å²) in [6.07, 6.45) is 9.81. The summed E-state index contributed by atoms with van der Waals surface area (Å²) in [5.74, 6) is 0.226. The van der Waals surface area contributed by atoms with Gasteiger partial charge in [-0.15, -0.1) is 0 Å². The van der Waals surface area contributed by atoms with Crippen molar-refractivity contribution in [3.63, 3.8) is 0 Å². The van der Waals surface area contributed by atoms with Crippen molar-refractivity contribution in [3.8, 4) is 0 Å². The quantitative estimate of drug-likeness (QED) is 0.786. The maximum Gasteiger partial charge on any atom is 0.335 e. The first-order chi connectivity index (χ1) is 9.17. The summed E-state index contributed by atoms with van der Waals surface area (Å²) in [5.41, 5.74) is 1.43. The molecule has 20 heavy (non-hydrogen) atoms. The second-order valence-electron chi connectivity index (χ2n) is 5.27. The highest BCUT2D eigenvalue weighted by atomic mass is 16.4. The van der Waals surface area contributed by atoms with Gasteiger partial charge in [0.15, 0.2) is 0 Å². The van der Waals surface area contributed by atoms with Crippen LogP contribution in [0, 0.1) is 5.92 Å². The predicted octanol–water partition coefficient (Wildman–Crippen LogP) is 5.56. The minimum Gasteiger partial charge on any atom is -0.478 e. The zero-order valence-corrected chi connectivity index (χ0v) is 12.2. The van der Waals surface area contributed by atoms with Gasteiger partial charge in [0.05, 0.1) is 5.56 Å². The summed E-state index contributed by atoms with van der Waals surface area (Å²) in [6, 6.07) is 6.98. The van der Waals surface area contributed by atoms with Gasteiger partial charge in [-0.2, -0.15) is 0 Å². The number of hydrogen-bond donors (Lipinski definition) is 1. The number of rotatable bonds is 3. The average Bonchev–Trinajstić information content (AvgIpc) is 2.48. The summed E-state index contributed by atoms with van der Waals surface area (Å²) in [6.45, 7) is 4.32. The van der Waals surface area contributed by atoms with Crippen molar-refractivity contribution in [1.29, 1.82) is 0 Å². The van der Waals surface area contributed by atoms with E-state index in [0.717, 1.165) is 17.9 Å². The van der Waals surface area contributed by atoms with E-state index in [1.807, 2.05) is 13.0 Å². The number of aromatic carboxylic acids is 1. The van der Waals surface area contributed by atoms with Crippen LogP contribution < -0.4 is 0 Å². The number of carboxylic acids is 1. The molecule has 1 fully saturated rings. The fourth-order valence-corrected chi connectivity index (χ4v) is 2.52. The fourth-order valence-electron chi connectivity index (χ4n) is 2.52. The summed E-state index contributed by atoms with van der Waals surface area (Å²) in [5, 5.41) is 8.60. The van der Waals surface area contributed by atoms with E-state index in [0.29, 0.717) is 5.56 Å². The summed E-state index contributed by atoms with van der Waals surface area (Å²) < 4.78 is 0. The molecule has 1 aromatic rings. The Hall–Kier alpha value is -1.31. The Kier molecular flexibility index (Phi) is 9.79. The van der Waals surface area contributed by atoms with E-state index >= 15 is 0 Å². The lowest BCUT2D eigenvalue weighted by atomic mass is 9.88. The van der Waals surface area contributed by atoms with Crippen LogP contribution in [0.5, 0.6) is 0 Å². The van der Waals surface area contributed by atoms with Gasteiger partial charge < -0.3 is 5.11 Å². The number of benzene rings is 1. The lowest BCUT2D eigenvalue weighted by Crippen LogP contribution is -2.03. The highest BCUT2D eigenvalue weighted by Gasteiger charge is 2.09. The molecule has 114 valence electrons. The second kappa shape index (κ2) is 10.5. The van der Waals surface area contributed by atoms with E-state index in [2.05, 4.69) is 6.92 Å². The monoisotopic (exact) mass is 278 g/mol. The van der Waals surface area contributed by atoms with Crippen LogP contribution in [0.1, 0.15) is 75.7 Å². The first kappa shape index (κ1) is 18.7. The molecule has 1 aliphatic carbocycles. The van der Waals surface area contributed by atoms with Gasteiger partial charge in [0.2, 0.25) is 0 Å². The van der Waals surface area contributed by atoms with Gasteiger partial charge >= 0.3 is 5.97 Å². The highest BCUT2D eigenvalue weighted by molar-refractivity contribution is 5.87. The average molecular weight is 278 g/mol. The van der Waals surface area contributed by atoms with Crippen LogP contribution in [0.4, 0.5) is 0 Å². The molecule has 0 radical (unpaired) electrons. The molecule has 1 N–H and O–H groups in total.